The molecule has 8 heteroatoms. The Bertz CT molecular complexity index is 1620. The molecule has 0 aliphatic rings. The Kier molecular flexibility index (Phi) is 10.7. The Hall–Kier alpha value is -4.74. The van der Waals surface area contributed by atoms with Crippen molar-refractivity contribution in [2.24, 2.45) is 5.73 Å². The monoisotopic (exact) mass is 597 g/mol. The summed E-state index contributed by atoms with van der Waals surface area (Å²) < 4.78 is 6.13. The highest BCUT2D eigenvalue weighted by atomic mass is 79.9. The molecule has 0 aliphatic carbocycles. The van der Waals surface area contributed by atoms with Crippen molar-refractivity contribution in [3.05, 3.63) is 122 Å². The number of carboxylic acids is 1. The van der Waals surface area contributed by atoms with Crippen molar-refractivity contribution in [3.63, 3.8) is 0 Å². The number of benzene rings is 2. The van der Waals surface area contributed by atoms with Crippen LogP contribution in [0.4, 0.5) is 0 Å². The number of pyridine rings is 2. The lowest BCUT2D eigenvalue weighted by Crippen LogP contribution is -2.10. The number of aromatic nitrogens is 2. The fourth-order valence-corrected chi connectivity index (χ4v) is 4.09. The van der Waals surface area contributed by atoms with Crippen LogP contribution in [0.25, 0.3) is 12.2 Å². The summed E-state index contributed by atoms with van der Waals surface area (Å²) in [6, 6.07) is 22.0. The van der Waals surface area contributed by atoms with Gasteiger partial charge in [-0.25, -0.2) is 4.98 Å². The fraction of sp³-hybridized carbons (Fsp3) is 0.125. The number of methoxy groups -OCH3 is 1. The summed E-state index contributed by atoms with van der Waals surface area (Å²) in [5, 5.41) is 9.10. The van der Waals surface area contributed by atoms with Crippen molar-refractivity contribution in [1.82, 2.24) is 9.97 Å². The molecule has 0 aliphatic heterocycles. The average molecular weight is 598 g/mol. The number of amides is 1. The standard InChI is InChI=1S/C17H16BrNO3.C15H12N2O/c1-11-4-3-5-14(19-11)7-6-12-8-13(18)9-16(22-2)15(12)10-17(20)21;1-11-4-2-7-14(17-11)9-8-12-5-3-6-13(10-12)15(16)18/h3-9H,10H2,1-2H3,(H,20,21);2-7,10H,1H3,(H2,16,18). The molecule has 1 amide bonds. The molecule has 4 rings (SSSR count). The van der Waals surface area contributed by atoms with Crippen LogP contribution in [0.5, 0.6) is 5.75 Å². The van der Waals surface area contributed by atoms with E-state index in [1.54, 1.807) is 24.3 Å². The average Bonchev–Trinajstić information content (AvgIpc) is 2.92. The van der Waals surface area contributed by atoms with Crippen LogP contribution in [0.2, 0.25) is 0 Å². The van der Waals surface area contributed by atoms with Gasteiger partial charge in [0.2, 0.25) is 5.91 Å². The lowest BCUT2D eigenvalue weighted by atomic mass is 10.0. The number of nitrogens with zero attached hydrogens (tertiary/aromatic N) is 2. The van der Waals surface area contributed by atoms with E-state index in [-0.39, 0.29) is 6.42 Å². The zero-order chi connectivity index (χ0) is 29.1. The van der Waals surface area contributed by atoms with Crippen LogP contribution in [0, 0.1) is 25.7 Å². The molecule has 2 aromatic heterocycles. The number of rotatable bonds is 6. The predicted octanol–water partition coefficient (Wildman–Crippen LogP) is 5.85. The molecule has 2 heterocycles. The minimum Gasteiger partial charge on any atom is -0.496 e. The smallest absolute Gasteiger partial charge is 0.307 e. The zero-order valence-electron chi connectivity index (χ0n) is 22.3. The molecule has 2 aromatic carbocycles. The van der Waals surface area contributed by atoms with Crippen molar-refractivity contribution in [3.8, 4) is 17.6 Å². The molecule has 0 saturated heterocycles. The van der Waals surface area contributed by atoms with Gasteiger partial charge in [-0.3, -0.25) is 14.6 Å². The first-order valence-electron chi connectivity index (χ1n) is 12.2. The predicted molar refractivity (Wildman–Crippen MR) is 160 cm³/mol. The SMILES string of the molecule is COc1cc(Br)cc(C=Cc2cccc(C)n2)c1CC(=O)O.Cc1cccc(C#Cc2cccc(C(N)=O)c2)n1. The number of ether oxygens (including phenoxy) is 1. The highest BCUT2D eigenvalue weighted by Gasteiger charge is 2.13. The summed E-state index contributed by atoms with van der Waals surface area (Å²) in [6.45, 7) is 3.84. The van der Waals surface area contributed by atoms with Gasteiger partial charge in [-0.2, -0.15) is 0 Å². The van der Waals surface area contributed by atoms with E-state index in [0.29, 0.717) is 22.6 Å². The van der Waals surface area contributed by atoms with Crippen LogP contribution in [-0.4, -0.2) is 34.1 Å². The molecular formula is C32H28BrN3O4. The van der Waals surface area contributed by atoms with Crippen molar-refractivity contribution in [2.75, 3.05) is 7.11 Å². The second-order valence-corrected chi connectivity index (χ2v) is 9.56. The number of halogens is 1. The Morgan fingerprint density at radius 3 is 2.30 bits per heavy atom. The summed E-state index contributed by atoms with van der Waals surface area (Å²) in [5.41, 5.74) is 11.2. The minimum absolute atomic E-state index is 0.0998. The molecular weight excluding hydrogens is 570 g/mol. The van der Waals surface area contributed by atoms with Crippen molar-refractivity contribution in [2.45, 2.75) is 20.3 Å². The number of carboxylic acid groups (broad SMARTS) is 1. The summed E-state index contributed by atoms with van der Waals surface area (Å²) >= 11 is 3.42. The van der Waals surface area contributed by atoms with E-state index < -0.39 is 11.9 Å². The number of hydrogen-bond donors (Lipinski definition) is 2. The van der Waals surface area contributed by atoms with E-state index in [9.17, 15) is 9.59 Å². The topological polar surface area (TPSA) is 115 Å². The van der Waals surface area contributed by atoms with Gasteiger partial charge in [0, 0.05) is 32.6 Å². The summed E-state index contributed by atoms with van der Waals surface area (Å²) in [6.07, 6.45) is 3.62. The zero-order valence-corrected chi connectivity index (χ0v) is 23.9. The van der Waals surface area contributed by atoms with Gasteiger partial charge in [0.05, 0.1) is 19.2 Å². The number of nitrogens with two attached hydrogens (primary N) is 1. The molecule has 3 N–H and O–H groups in total. The minimum atomic E-state index is -0.899. The maximum absolute atomic E-state index is 11.1. The van der Waals surface area contributed by atoms with Crippen LogP contribution >= 0.6 is 15.9 Å². The second-order valence-electron chi connectivity index (χ2n) is 8.64. The first-order chi connectivity index (χ1) is 19.1. The van der Waals surface area contributed by atoms with Gasteiger partial charge in [0.25, 0.3) is 0 Å². The largest absolute Gasteiger partial charge is 0.496 e. The molecule has 0 saturated carbocycles. The summed E-state index contributed by atoms with van der Waals surface area (Å²) in [7, 11) is 1.53. The van der Waals surface area contributed by atoms with Crippen LogP contribution in [0.3, 0.4) is 0 Å². The number of carbonyl (C=O) groups is 2. The number of carbonyl (C=O) groups excluding carboxylic acids is 1. The lowest BCUT2D eigenvalue weighted by molar-refractivity contribution is -0.136. The lowest BCUT2D eigenvalue weighted by Gasteiger charge is -2.11. The molecule has 0 unspecified atom stereocenters. The van der Waals surface area contributed by atoms with Crippen LogP contribution in [-0.2, 0) is 11.2 Å². The third-order valence-corrected chi connectivity index (χ3v) is 5.93. The second kappa shape index (κ2) is 14.4. The molecule has 0 fully saturated rings. The molecule has 40 heavy (non-hydrogen) atoms. The number of aryl methyl sites for hydroxylation is 2. The number of aliphatic carboxylic acids is 1. The summed E-state index contributed by atoms with van der Waals surface area (Å²) in [4.78, 5) is 30.8. The van der Waals surface area contributed by atoms with Gasteiger partial charge in [0.15, 0.2) is 0 Å². The van der Waals surface area contributed by atoms with Crippen LogP contribution in [0.1, 0.15) is 49.8 Å². The van der Waals surface area contributed by atoms with E-state index in [2.05, 4.69) is 37.7 Å². The third kappa shape index (κ3) is 9.22. The molecule has 0 radical (unpaired) electrons. The first kappa shape index (κ1) is 29.8. The van der Waals surface area contributed by atoms with Gasteiger partial charge in [-0.1, -0.05) is 46.1 Å². The van der Waals surface area contributed by atoms with Crippen LogP contribution in [0.15, 0.2) is 77.3 Å². The molecule has 0 spiro atoms. The molecule has 4 aromatic rings. The Balaban J connectivity index is 0.000000225. The van der Waals surface area contributed by atoms with Gasteiger partial charge in [-0.15, -0.1) is 0 Å². The van der Waals surface area contributed by atoms with Crippen molar-refractivity contribution < 1.29 is 19.4 Å². The Morgan fingerprint density at radius 1 is 0.950 bits per heavy atom. The molecule has 0 atom stereocenters. The fourth-order valence-electron chi connectivity index (χ4n) is 3.63. The van der Waals surface area contributed by atoms with E-state index in [1.807, 2.05) is 74.5 Å². The number of hydrogen-bond acceptors (Lipinski definition) is 5. The molecule has 7 nitrogen and oxygen atoms in total. The Labute approximate surface area is 241 Å². The normalized spacial score (nSPS) is 10.2. The maximum atomic E-state index is 11.1. The van der Waals surface area contributed by atoms with Gasteiger partial charge >= 0.3 is 5.97 Å². The maximum Gasteiger partial charge on any atom is 0.307 e. The number of primary amides is 1. The summed E-state index contributed by atoms with van der Waals surface area (Å²) in [5.74, 6) is 5.12. The molecule has 202 valence electrons. The van der Waals surface area contributed by atoms with Crippen molar-refractivity contribution >= 4 is 40.0 Å². The van der Waals surface area contributed by atoms with Crippen LogP contribution < -0.4 is 10.5 Å². The van der Waals surface area contributed by atoms with E-state index >= 15 is 0 Å². The highest BCUT2D eigenvalue weighted by Crippen LogP contribution is 2.29. The quantitative estimate of drug-likeness (QED) is 0.269. The van der Waals surface area contributed by atoms with E-state index in [0.717, 1.165) is 32.7 Å². The Morgan fingerprint density at radius 2 is 1.65 bits per heavy atom. The van der Waals surface area contributed by atoms with E-state index in [1.165, 1.54) is 7.11 Å². The highest BCUT2D eigenvalue weighted by molar-refractivity contribution is 9.10. The van der Waals surface area contributed by atoms with Gasteiger partial charge < -0.3 is 15.6 Å². The molecule has 0 bridgehead atoms. The van der Waals surface area contributed by atoms with E-state index in [4.69, 9.17) is 15.6 Å². The van der Waals surface area contributed by atoms with Gasteiger partial charge in [0.1, 0.15) is 11.4 Å². The van der Waals surface area contributed by atoms with Gasteiger partial charge in [-0.05, 0) is 86.0 Å². The first-order valence-corrected chi connectivity index (χ1v) is 13.0. The van der Waals surface area contributed by atoms with Crippen molar-refractivity contribution in [1.29, 1.82) is 0 Å². The third-order valence-electron chi connectivity index (χ3n) is 5.47.